The highest BCUT2D eigenvalue weighted by Gasteiger charge is 2.42. The first-order valence-electron chi connectivity index (χ1n) is 12.3. The van der Waals surface area contributed by atoms with Crippen molar-refractivity contribution in [3.8, 4) is 37.8 Å². The fourth-order valence-electron chi connectivity index (χ4n) is 5.72. The van der Waals surface area contributed by atoms with E-state index in [2.05, 4.69) is 62.4 Å². The number of rotatable bonds is 7. The van der Waals surface area contributed by atoms with Crippen LogP contribution in [0.4, 0.5) is 0 Å². The molecule has 0 bridgehead atoms. The molecule has 0 spiro atoms. The summed E-state index contributed by atoms with van der Waals surface area (Å²) >= 11 is 1.79. The minimum Gasteiger partial charge on any atom is -0.508 e. The van der Waals surface area contributed by atoms with Crippen LogP contribution in [0.25, 0.3) is 32.0 Å². The first-order valence-corrected chi connectivity index (χ1v) is 13.2. The Morgan fingerprint density at radius 1 is 0.735 bits per heavy atom. The van der Waals surface area contributed by atoms with E-state index in [9.17, 15) is 10.2 Å². The molecule has 174 valence electrons. The van der Waals surface area contributed by atoms with Gasteiger partial charge in [0.25, 0.3) is 0 Å². The molecule has 5 rings (SSSR count). The van der Waals surface area contributed by atoms with Crippen LogP contribution >= 0.6 is 11.3 Å². The smallest absolute Gasteiger partial charge is 0.115 e. The summed E-state index contributed by atoms with van der Waals surface area (Å²) in [4.78, 5) is 2.46. The molecule has 0 radical (unpaired) electrons. The second-order valence-corrected chi connectivity index (χ2v) is 10.6. The van der Waals surface area contributed by atoms with E-state index in [0.717, 1.165) is 36.8 Å². The summed E-state index contributed by atoms with van der Waals surface area (Å²) in [5.41, 5.74) is 8.86. The molecule has 4 aromatic rings. The summed E-state index contributed by atoms with van der Waals surface area (Å²) in [6.07, 6.45) is 3.99. The maximum atomic E-state index is 10.3. The number of aliphatic hydroxyl groups is 1. The topological polar surface area (TPSA) is 40.5 Å². The molecular formula is C31H32O2S. The third kappa shape index (κ3) is 3.77. The van der Waals surface area contributed by atoms with Crippen molar-refractivity contribution in [2.75, 3.05) is 0 Å². The zero-order valence-corrected chi connectivity index (χ0v) is 21.0. The Morgan fingerprint density at radius 3 is 1.91 bits per heavy atom. The van der Waals surface area contributed by atoms with Gasteiger partial charge in [-0.2, -0.15) is 0 Å². The lowest BCUT2D eigenvalue weighted by Crippen LogP contribution is -2.25. The predicted octanol–water partition coefficient (Wildman–Crippen LogP) is 8.71. The summed E-state index contributed by atoms with van der Waals surface area (Å²) in [6.45, 7) is 6.41. The van der Waals surface area contributed by atoms with E-state index in [0.29, 0.717) is 5.75 Å². The van der Waals surface area contributed by atoms with E-state index in [-0.39, 0.29) is 5.41 Å². The standard InChI is InChI=1S/C31H32O2S/c1-4-16-31(17-5-2)27-18-22(20(3)32)8-12-25(27)26-13-9-23(19-28(26)31)30-15-14-29(34-30)21-6-10-24(33)11-7-21/h6-15,18-20,32-33H,4-5,16-17H2,1-3H3. The quantitative estimate of drug-likeness (QED) is 0.285. The number of hydrogen-bond acceptors (Lipinski definition) is 3. The van der Waals surface area contributed by atoms with E-state index in [4.69, 9.17) is 0 Å². The number of aromatic hydroxyl groups is 1. The molecule has 3 heteroatoms. The van der Waals surface area contributed by atoms with Crippen LogP contribution in [0.2, 0.25) is 0 Å². The molecule has 0 saturated carbocycles. The van der Waals surface area contributed by atoms with E-state index in [1.54, 1.807) is 23.5 Å². The van der Waals surface area contributed by atoms with E-state index in [1.165, 1.54) is 37.6 Å². The number of aliphatic hydroxyl groups excluding tert-OH is 1. The molecule has 0 fully saturated rings. The third-order valence-corrected chi connectivity index (χ3v) is 8.45. The van der Waals surface area contributed by atoms with Gasteiger partial charge in [0.15, 0.2) is 0 Å². The average molecular weight is 469 g/mol. The largest absolute Gasteiger partial charge is 0.508 e. The Labute approximate surface area is 206 Å². The molecule has 34 heavy (non-hydrogen) atoms. The van der Waals surface area contributed by atoms with Crippen molar-refractivity contribution in [3.63, 3.8) is 0 Å². The Bertz CT molecular complexity index is 1310. The Kier molecular flexibility index (Phi) is 6.09. The first-order chi connectivity index (χ1) is 16.5. The number of hydrogen-bond donors (Lipinski definition) is 2. The minimum absolute atomic E-state index is 0.00781. The normalized spacial score (nSPS) is 14.6. The molecule has 1 unspecified atom stereocenters. The van der Waals surface area contributed by atoms with E-state index in [1.807, 2.05) is 19.1 Å². The van der Waals surface area contributed by atoms with Crippen molar-refractivity contribution in [1.29, 1.82) is 0 Å². The van der Waals surface area contributed by atoms with Crippen molar-refractivity contribution < 1.29 is 10.2 Å². The number of phenols is 1. The van der Waals surface area contributed by atoms with Crippen LogP contribution in [0.1, 0.15) is 69.2 Å². The highest BCUT2D eigenvalue weighted by atomic mass is 32.1. The van der Waals surface area contributed by atoms with Gasteiger partial charge in [0.05, 0.1) is 6.10 Å². The lowest BCUT2D eigenvalue weighted by atomic mass is 9.71. The molecule has 1 aromatic heterocycles. The van der Waals surface area contributed by atoms with Gasteiger partial charge in [-0.1, -0.05) is 57.0 Å². The van der Waals surface area contributed by atoms with Crippen LogP contribution < -0.4 is 0 Å². The molecule has 1 atom stereocenters. The highest BCUT2D eigenvalue weighted by molar-refractivity contribution is 7.18. The van der Waals surface area contributed by atoms with Gasteiger partial charge in [0, 0.05) is 15.2 Å². The van der Waals surface area contributed by atoms with Crippen LogP contribution in [-0.4, -0.2) is 10.2 Å². The van der Waals surface area contributed by atoms with Crippen LogP contribution in [0.15, 0.2) is 72.8 Å². The molecule has 0 aliphatic heterocycles. The van der Waals surface area contributed by atoms with Gasteiger partial charge < -0.3 is 10.2 Å². The van der Waals surface area contributed by atoms with Crippen LogP contribution in [0.3, 0.4) is 0 Å². The minimum atomic E-state index is -0.463. The van der Waals surface area contributed by atoms with Gasteiger partial charge in [0.1, 0.15) is 5.75 Å². The maximum absolute atomic E-state index is 10.3. The van der Waals surface area contributed by atoms with Gasteiger partial charge in [-0.05, 0) is 101 Å². The summed E-state index contributed by atoms with van der Waals surface area (Å²) in [6, 6.07) is 25.4. The van der Waals surface area contributed by atoms with Crippen molar-refractivity contribution in [2.45, 2.75) is 58.0 Å². The fourth-order valence-corrected chi connectivity index (χ4v) is 6.72. The van der Waals surface area contributed by atoms with Crippen LogP contribution in [0.5, 0.6) is 5.75 Å². The van der Waals surface area contributed by atoms with E-state index < -0.39 is 6.10 Å². The second kappa shape index (κ2) is 9.05. The van der Waals surface area contributed by atoms with Crippen molar-refractivity contribution in [3.05, 3.63) is 89.5 Å². The third-order valence-electron chi connectivity index (χ3n) is 7.26. The van der Waals surface area contributed by atoms with Crippen LogP contribution in [-0.2, 0) is 5.41 Å². The Morgan fingerprint density at radius 2 is 1.29 bits per heavy atom. The van der Waals surface area contributed by atoms with Gasteiger partial charge in [-0.3, -0.25) is 0 Å². The van der Waals surface area contributed by atoms with Crippen molar-refractivity contribution in [2.24, 2.45) is 0 Å². The van der Waals surface area contributed by atoms with Crippen molar-refractivity contribution in [1.82, 2.24) is 0 Å². The molecule has 2 N–H and O–H groups in total. The number of benzene rings is 3. The molecule has 0 saturated heterocycles. The molecule has 1 aliphatic carbocycles. The highest BCUT2D eigenvalue weighted by Crippen LogP contribution is 2.55. The Hall–Kier alpha value is -2.88. The van der Waals surface area contributed by atoms with Crippen LogP contribution in [0, 0.1) is 0 Å². The Balaban J connectivity index is 1.62. The molecular weight excluding hydrogens is 436 g/mol. The number of thiophene rings is 1. The lowest BCUT2D eigenvalue weighted by molar-refractivity contribution is 0.199. The van der Waals surface area contributed by atoms with Gasteiger partial charge in [-0.25, -0.2) is 0 Å². The summed E-state index contributed by atoms with van der Waals surface area (Å²) in [5.74, 6) is 0.292. The lowest BCUT2D eigenvalue weighted by Gasteiger charge is -2.32. The van der Waals surface area contributed by atoms with Gasteiger partial charge in [0.2, 0.25) is 0 Å². The first kappa shape index (κ1) is 22.9. The molecule has 1 heterocycles. The van der Waals surface area contributed by atoms with Gasteiger partial charge >= 0.3 is 0 Å². The molecule has 2 nitrogen and oxygen atoms in total. The fraction of sp³-hybridized carbons (Fsp3) is 0.290. The zero-order valence-electron chi connectivity index (χ0n) is 20.1. The summed E-state index contributed by atoms with van der Waals surface area (Å²) in [7, 11) is 0. The number of fused-ring (bicyclic) bond motifs is 3. The molecule has 3 aromatic carbocycles. The molecule has 0 amide bonds. The molecule has 1 aliphatic rings. The summed E-state index contributed by atoms with van der Waals surface area (Å²) < 4.78 is 0. The second-order valence-electron chi connectivity index (χ2n) is 9.53. The average Bonchev–Trinajstić information content (AvgIpc) is 3.42. The van der Waals surface area contributed by atoms with Crippen molar-refractivity contribution >= 4 is 11.3 Å². The predicted molar refractivity (Wildman–Crippen MR) is 144 cm³/mol. The van der Waals surface area contributed by atoms with E-state index >= 15 is 0 Å². The zero-order chi connectivity index (χ0) is 23.9. The number of phenolic OH excluding ortho intramolecular Hbond substituents is 1. The SMILES string of the molecule is CCCC1(CCC)c2cc(-c3ccc(-c4ccc(O)cc4)s3)ccc2-c2ccc(C(C)O)cc21. The summed E-state index contributed by atoms with van der Waals surface area (Å²) in [5, 5.41) is 19.9. The maximum Gasteiger partial charge on any atom is 0.115 e. The van der Waals surface area contributed by atoms with Gasteiger partial charge in [-0.15, -0.1) is 11.3 Å². The monoisotopic (exact) mass is 468 g/mol.